The fourth-order valence-corrected chi connectivity index (χ4v) is 2.56. The smallest absolute Gasteiger partial charge is 0.123 e. The van der Waals surface area contributed by atoms with E-state index in [1.165, 1.54) is 12.1 Å². The summed E-state index contributed by atoms with van der Waals surface area (Å²) in [5.74, 6) is -0.244. The lowest BCUT2D eigenvalue weighted by Crippen LogP contribution is -2.14. The van der Waals surface area contributed by atoms with Gasteiger partial charge in [-0.1, -0.05) is 24.3 Å². The van der Waals surface area contributed by atoms with E-state index >= 15 is 0 Å². The lowest BCUT2D eigenvalue weighted by Gasteiger charge is -2.16. The number of halogens is 2. The number of benzene rings is 2. The van der Waals surface area contributed by atoms with Gasteiger partial charge in [-0.25, -0.2) is 4.39 Å². The van der Waals surface area contributed by atoms with Crippen LogP contribution < -0.4 is 5.73 Å². The van der Waals surface area contributed by atoms with Crippen LogP contribution in [0.5, 0.6) is 0 Å². The Balaban J connectivity index is 2.47. The highest BCUT2D eigenvalue weighted by molar-refractivity contribution is 14.1. The molecule has 2 rings (SSSR count). The molecule has 17 heavy (non-hydrogen) atoms. The van der Waals surface area contributed by atoms with E-state index in [2.05, 4.69) is 22.6 Å². The van der Waals surface area contributed by atoms with Crippen molar-refractivity contribution >= 4 is 22.6 Å². The van der Waals surface area contributed by atoms with Crippen molar-refractivity contribution in [2.75, 3.05) is 0 Å². The Morgan fingerprint density at radius 1 is 1.12 bits per heavy atom. The Bertz CT molecular complexity index is 539. The minimum Gasteiger partial charge on any atom is -0.320 e. The summed E-state index contributed by atoms with van der Waals surface area (Å²) in [5, 5.41) is 0. The molecule has 0 heterocycles. The molecule has 1 nitrogen and oxygen atoms in total. The van der Waals surface area contributed by atoms with Gasteiger partial charge in [0.05, 0.1) is 6.04 Å². The highest BCUT2D eigenvalue weighted by atomic mass is 127. The summed E-state index contributed by atoms with van der Waals surface area (Å²) in [6.45, 7) is 1.95. The zero-order valence-corrected chi connectivity index (χ0v) is 11.6. The van der Waals surface area contributed by atoms with E-state index in [4.69, 9.17) is 5.73 Å². The Kier molecular flexibility index (Phi) is 3.79. The molecule has 88 valence electrons. The molecule has 0 bridgehead atoms. The average molecular weight is 341 g/mol. The first-order chi connectivity index (χ1) is 8.09. The van der Waals surface area contributed by atoms with Gasteiger partial charge in [-0.05, 0) is 64.4 Å². The molecule has 2 aromatic rings. The molecule has 0 aliphatic heterocycles. The van der Waals surface area contributed by atoms with E-state index in [-0.39, 0.29) is 11.9 Å². The largest absolute Gasteiger partial charge is 0.320 e. The Morgan fingerprint density at radius 2 is 1.82 bits per heavy atom. The second-order valence-corrected chi connectivity index (χ2v) is 5.16. The minimum atomic E-state index is -0.279. The van der Waals surface area contributed by atoms with E-state index < -0.39 is 0 Å². The van der Waals surface area contributed by atoms with Gasteiger partial charge < -0.3 is 5.73 Å². The van der Waals surface area contributed by atoms with Crippen LogP contribution in [0.1, 0.15) is 22.7 Å². The van der Waals surface area contributed by atoms with Crippen LogP contribution in [0, 0.1) is 16.3 Å². The Morgan fingerprint density at radius 3 is 2.53 bits per heavy atom. The van der Waals surface area contributed by atoms with Gasteiger partial charge in [0.1, 0.15) is 5.82 Å². The molecule has 0 saturated carbocycles. The predicted octanol–water partition coefficient (Wildman–Crippen LogP) is 3.79. The molecule has 0 aliphatic rings. The third-order valence-corrected chi connectivity index (χ3v) is 3.80. The molecule has 2 aromatic carbocycles. The van der Waals surface area contributed by atoms with Crippen LogP contribution in [-0.2, 0) is 0 Å². The number of rotatable bonds is 2. The summed E-state index contributed by atoms with van der Waals surface area (Å²) in [4.78, 5) is 0. The first-order valence-electron chi connectivity index (χ1n) is 5.35. The van der Waals surface area contributed by atoms with Gasteiger partial charge in [0.25, 0.3) is 0 Å². The molecule has 0 spiro atoms. The van der Waals surface area contributed by atoms with Gasteiger partial charge in [-0.15, -0.1) is 0 Å². The van der Waals surface area contributed by atoms with Crippen molar-refractivity contribution in [1.29, 1.82) is 0 Å². The molecule has 0 saturated heterocycles. The van der Waals surface area contributed by atoms with E-state index in [1.807, 2.05) is 31.2 Å². The standard InChI is InChI=1S/C14H13FIN/c1-9-6-7-10(15)8-12(9)14(17)11-4-2-3-5-13(11)16/h2-8,14H,17H2,1H3. The van der Waals surface area contributed by atoms with E-state index in [9.17, 15) is 4.39 Å². The lowest BCUT2D eigenvalue weighted by atomic mass is 9.96. The molecular weight excluding hydrogens is 328 g/mol. The van der Waals surface area contributed by atoms with Crippen molar-refractivity contribution in [2.45, 2.75) is 13.0 Å². The quantitative estimate of drug-likeness (QED) is 0.827. The fraction of sp³-hybridized carbons (Fsp3) is 0.143. The van der Waals surface area contributed by atoms with Gasteiger partial charge in [0.15, 0.2) is 0 Å². The van der Waals surface area contributed by atoms with Crippen LogP contribution >= 0.6 is 22.6 Å². The number of hydrogen-bond acceptors (Lipinski definition) is 1. The monoisotopic (exact) mass is 341 g/mol. The highest BCUT2D eigenvalue weighted by Gasteiger charge is 2.14. The fourth-order valence-electron chi connectivity index (χ4n) is 1.84. The van der Waals surface area contributed by atoms with Crippen molar-refractivity contribution < 1.29 is 4.39 Å². The predicted molar refractivity (Wildman–Crippen MR) is 76.3 cm³/mol. The summed E-state index contributed by atoms with van der Waals surface area (Å²) in [6, 6.07) is 12.4. The average Bonchev–Trinajstić information content (AvgIpc) is 2.32. The molecule has 1 atom stereocenters. The normalized spacial score (nSPS) is 12.5. The maximum absolute atomic E-state index is 13.3. The number of aryl methyl sites for hydroxylation is 1. The summed E-state index contributed by atoms with van der Waals surface area (Å²) in [6.07, 6.45) is 0. The van der Waals surface area contributed by atoms with E-state index in [1.54, 1.807) is 6.07 Å². The van der Waals surface area contributed by atoms with Gasteiger partial charge in [0, 0.05) is 3.57 Å². The molecule has 0 fully saturated rings. The van der Waals surface area contributed by atoms with Gasteiger partial charge in [-0.2, -0.15) is 0 Å². The van der Waals surface area contributed by atoms with Gasteiger partial charge in [0.2, 0.25) is 0 Å². The third kappa shape index (κ3) is 2.66. The van der Waals surface area contributed by atoms with Gasteiger partial charge >= 0.3 is 0 Å². The van der Waals surface area contributed by atoms with E-state index in [0.29, 0.717) is 0 Å². The van der Waals surface area contributed by atoms with Crippen LogP contribution in [-0.4, -0.2) is 0 Å². The number of hydrogen-bond donors (Lipinski definition) is 1. The first-order valence-corrected chi connectivity index (χ1v) is 6.43. The SMILES string of the molecule is Cc1ccc(F)cc1C(N)c1ccccc1I. The second kappa shape index (κ2) is 5.14. The van der Waals surface area contributed by atoms with Crippen molar-refractivity contribution in [2.24, 2.45) is 5.73 Å². The maximum Gasteiger partial charge on any atom is 0.123 e. The molecular formula is C14H13FIN. The van der Waals surface area contributed by atoms with Gasteiger partial charge in [-0.3, -0.25) is 0 Å². The van der Waals surface area contributed by atoms with Crippen molar-refractivity contribution in [3.8, 4) is 0 Å². The van der Waals surface area contributed by atoms with Crippen LogP contribution in [0.25, 0.3) is 0 Å². The molecule has 1 unspecified atom stereocenters. The summed E-state index contributed by atoms with van der Waals surface area (Å²) in [5.41, 5.74) is 9.10. The van der Waals surface area contributed by atoms with E-state index in [0.717, 1.165) is 20.3 Å². The minimum absolute atomic E-state index is 0.244. The maximum atomic E-state index is 13.3. The summed E-state index contributed by atoms with van der Waals surface area (Å²) >= 11 is 2.25. The first kappa shape index (κ1) is 12.5. The number of nitrogens with two attached hydrogens (primary N) is 1. The van der Waals surface area contributed by atoms with Crippen molar-refractivity contribution in [3.63, 3.8) is 0 Å². The molecule has 2 N–H and O–H groups in total. The Labute approximate surface area is 114 Å². The van der Waals surface area contributed by atoms with Crippen molar-refractivity contribution in [1.82, 2.24) is 0 Å². The third-order valence-electron chi connectivity index (χ3n) is 2.82. The van der Waals surface area contributed by atoms with Crippen LogP contribution in [0.4, 0.5) is 4.39 Å². The zero-order chi connectivity index (χ0) is 12.4. The summed E-state index contributed by atoms with van der Waals surface area (Å²) < 4.78 is 14.4. The van der Waals surface area contributed by atoms with Crippen molar-refractivity contribution in [3.05, 3.63) is 68.5 Å². The molecule has 0 amide bonds. The molecule has 0 aromatic heterocycles. The van der Waals surface area contributed by atoms with Crippen LogP contribution in [0.2, 0.25) is 0 Å². The van der Waals surface area contributed by atoms with Crippen LogP contribution in [0.3, 0.4) is 0 Å². The molecule has 0 aliphatic carbocycles. The molecule has 0 radical (unpaired) electrons. The lowest BCUT2D eigenvalue weighted by molar-refractivity contribution is 0.622. The zero-order valence-electron chi connectivity index (χ0n) is 9.45. The highest BCUT2D eigenvalue weighted by Crippen LogP contribution is 2.26. The molecule has 3 heteroatoms. The van der Waals surface area contributed by atoms with Crippen LogP contribution in [0.15, 0.2) is 42.5 Å². The topological polar surface area (TPSA) is 26.0 Å². The second-order valence-electron chi connectivity index (χ2n) is 4.00. The summed E-state index contributed by atoms with van der Waals surface area (Å²) in [7, 11) is 0. The Hall–Kier alpha value is -0.940.